The Morgan fingerprint density at radius 3 is 2.80 bits per heavy atom. The molecular weight excluding hydrogens is 431 g/mol. The van der Waals surface area contributed by atoms with Crippen LogP contribution >= 0.6 is 22.6 Å². The fourth-order valence-electron chi connectivity index (χ4n) is 3.44. The van der Waals surface area contributed by atoms with Crippen molar-refractivity contribution in [2.75, 3.05) is 6.54 Å². The molecule has 0 aliphatic carbocycles. The quantitative estimate of drug-likeness (QED) is 0.432. The van der Waals surface area contributed by atoms with E-state index in [9.17, 15) is 9.90 Å². The third-order valence-electron chi connectivity index (χ3n) is 4.91. The van der Waals surface area contributed by atoms with Crippen molar-refractivity contribution in [3.8, 4) is 11.3 Å². The average molecular weight is 454 g/mol. The third kappa shape index (κ3) is 3.60. The van der Waals surface area contributed by atoms with Crippen LogP contribution < -0.4 is 0 Å². The number of benzene rings is 1. The van der Waals surface area contributed by atoms with Crippen LogP contribution in [-0.4, -0.2) is 37.3 Å². The summed E-state index contributed by atoms with van der Waals surface area (Å²) in [4.78, 5) is 15.0. The molecule has 3 rings (SSSR count). The summed E-state index contributed by atoms with van der Waals surface area (Å²) in [6, 6.07) is 7.82. The van der Waals surface area contributed by atoms with Crippen molar-refractivity contribution in [2.45, 2.75) is 43.3 Å². The van der Waals surface area contributed by atoms with E-state index in [1.54, 1.807) is 0 Å². The zero-order chi connectivity index (χ0) is 18.2. The van der Waals surface area contributed by atoms with Gasteiger partial charge in [-0.15, -0.1) is 0 Å². The molecule has 1 unspecified atom stereocenters. The summed E-state index contributed by atoms with van der Waals surface area (Å²) in [6.45, 7) is 6.30. The number of hydrogen-bond acceptors (Lipinski definition) is 4. The second-order valence-electron chi connectivity index (χ2n) is 7.17. The summed E-state index contributed by atoms with van der Waals surface area (Å²) in [5, 5.41) is 14.5. The molecule has 134 valence electrons. The van der Waals surface area contributed by atoms with Crippen LogP contribution in [0.4, 0.5) is 0 Å². The van der Waals surface area contributed by atoms with Gasteiger partial charge in [0.25, 0.3) is 5.91 Å². The highest BCUT2D eigenvalue weighted by Crippen LogP contribution is 2.37. The third-order valence-corrected chi connectivity index (χ3v) is 6.45. The number of carbonyl (C=O) groups is 1. The molecule has 0 radical (unpaired) electrons. The second kappa shape index (κ2) is 7.07. The maximum absolute atomic E-state index is 13.2. The van der Waals surface area contributed by atoms with Crippen LogP contribution in [0.2, 0.25) is 0 Å². The average Bonchev–Trinajstić information content (AvgIpc) is 3.03. The number of aryl methyl sites for hydroxylation is 1. The molecule has 5 nitrogen and oxygen atoms in total. The van der Waals surface area contributed by atoms with Gasteiger partial charge in [-0.05, 0) is 39.2 Å². The van der Waals surface area contributed by atoms with Gasteiger partial charge in [-0.2, -0.15) is 0 Å². The van der Waals surface area contributed by atoms with Crippen molar-refractivity contribution in [1.82, 2.24) is 10.1 Å². The predicted octanol–water partition coefficient (Wildman–Crippen LogP) is 4.03. The van der Waals surface area contributed by atoms with Crippen LogP contribution in [0, 0.1) is 12.8 Å². The molecule has 6 heteroatoms. The summed E-state index contributed by atoms with van der Waals surface area (Å²) in [7, 11) is 0. The minimum atomic E-state index is -0.821. The van der Waals surface area contributed by atoms with E-state index in [1.165, 1.54) is 6.26 Å². The maximum atomic E-state index is 13.2. The molecule has 1 aromatic carbocycles. The van der Waals surface area contributed by atoms with Crippen molar-refractivity contribution in [1.29, 1.82) is 0 Å². The number of nitrogens with zero attached hydrogens (tertiary/aromatic N) is 2. The Kier molecular flexibility index (Phi) is 5.20. The number of rotatable bonds is 3. The molecule has 2 atom stereocenters. The van der Waals surface area contributed by atoms with Gasteiger partial charge in [-0.3, -0.25) is 4.79 Å². The van der Waals surface area contributed by atoms with E-state index in [-0.39, 0.29) is 15.9 Å². The van der Waals surface area contributed by atoms with Gasteiger partial charge in [-0.25, -0.2) is 0 Å². The molecule has 1 aliphatic rings. The first kappa shape index (κ1) is 18.4. The minimum Gasteiger partial charge on any atom is -0.390 e. The first-order valence-corrected chi connectivity index (χ1v) is 9.73. The molecular formula is C19H23IN2O3. The second-order valence-corrected chi connectivity index (χ2v) is 8.44. The Balaban J connectivity index is 1.92. The Morgan fingerprint density at radius 1 is 1.40 bits per heavy atom. The van der Waals surface area contributed by atoms with Gasteiger partial charge < -0.3 is 14.5 Å². The van der Waals surface area contributed by atoms with Crippen LogP contribution in [0.5, 0.6) is 0 Å². The van der Waals surface area contributed by atoms with Gasteiger partial charge in [0.05, 0.1) is 9.65 Å². The Morgan fingerprint density at radius 2 is 2.12 bits per heavy atom. The van der Waals surface area contributed by atoms with E-state index < -0.39 is 5.60 Å². The molecule has 25 heavy (non-hydrogen) atoms. The van der Waals surface area contributed by atoms with E-state index in [0.717, 1.165) is 24.0 Å². The van der Waals surface area contributed by atoms with Gasteiger partial charge in [0.1, 0.15) is 17.5 Å². The first-order chi connectivity index (χ1) is 11.8. The first-order valence-electron chi connectivity index (χ1n) is 8.48. The fourth-order valence-corrected chi connectivity index (χ4v) is 5.21. The lowest BCUT2D eigenvalue weighted by Gasteiger charge is -2.43. The van der Waals surface area contributed by atoms with Gasteiger partial charge in [0.2, 0.25) is 0 Å². The van der Waals surface area contributed by atoms with Gasteiger partial charge in [0, 0.05) is 18.0 Å². The zero-order valence-electron chi connectivity index (χ0n) is 14.7. The van der Waals surface area contributed by atoms with Gasteiger partial charge in [0.15, 0.2) is 0 Å². The minimum absolute atomic E-state index is 0.0348. The smallest absolute Gasteiger partial charge is 0.260 e. The molecule has 1 saturated heterocycles. The molecule has 1 N–H and O–H groups in total. The van der Waals surface area contributed by atoms with E-state index in [0.29, 0.717) is 17.8 Å². The zero-order valence-corrected chi connectivity index (χ0v) is 16.9. The van der Waals surface area contributed by atoms with Crippen LogP contribution in [0.3, 0.4) is 0 Å². The predicted molar refractivity (Wildman–Crippen MR) is 105 cm³/mol. The maximum Gasteiger partial charge on any atom is 0.260 e. The number of hydrogen-bond donors (Lipinski definition) is 1. The van der Waals surface area contributed by atoms with Crippen molar-refractivity contribution < 1.29 is 14.4 Å². The summed E-state index contributed by atoms with van der Waals surface area (Å²) >= 11 is 2.27. The van der Waals surface area contributed by atoms with E-state index >= 15 is 0 Å². The highest BCUT2D eigenvalue weighted by molar-refractivity contribution is 14.1. The van der Waals surface area contributed by atoms with Gasteiger partial charge >= 0.3 is 0 Å². The fraction of sp³-hybridized carbons (Fsp3) is 0.474. The summed E-state index contributed by atoms with van der Waals surface area (Å²) < 4.78 is 5.08. The Hall–Kier alpha value is -1.41. The molecule has 0 saturated carbocycles. The lowest BCUT2D eigenvalue weighted by Crippen LogP contribution is -2.51. The topological polar surface area (TPSA) is 66.6 Å². The summed E-state index contributed by atoms with van der Waals surface area (Å²) in [5.74, 6) is -0.0552. The summed E-state index contributed by atoms with van der Waals surface area (Å²) in [6.07, 6.45) is 3.22. The number of aliphatic hydroxyl groups is 1. The van der Waals surface area contributed by atoms with Crippen LogP contribution in [0.25, 0.3) is 11.3 Å². The molecule has 2 aromatic rings. The van der Waals surface area contributed by atoms with Gasteiger partial charge in [-0.1, -0.05) is 52.0 Å². The lowest BCUT2D eigenvalue weighted by atomic mass is 9.84. The van der Waals surface area contributed by atoms with Crippen LogP contribution in [0.15, 0.2) is 35.1 Å². The normalized spacial score (nSPS) is 21.4. The number of aromatic nitrogens is 1. The molecule has 1 aliphatic heterocycles. The van der Waals surface area contributed by atoms with Crippen molar-refractivity contribution >= 4 is 28.5 Å². The Bertz CT molecular complexity index is 766. The van der Waals surface area contributed by atoms with E-state index in [1.807, 2.05) is 49.9 Å². The van der Waals surface area contributed by atoms with Crippen molar-refractivity contribution in [3.63, 3.8) is 0 Å². The lowest BCUT2D eigenvalue weighted by molar-refractivity contribution is -0.0191. The van der Waals surface area contributed by atoms with Crippen molar-refractivity contribution in [2.24, 2.45) is 5.92 Å². The monoisotopic (exact) mass is 454 g/mol. The number of carbonyl (C=O) groups excluding carboxylic acids is 1. The molecule has 2 heterocycles. The highest BCUT2D eigenvalue weighted by atomic mass is 127. The number of amides is 1. The standard InChI is InChI=1S/C19H23IN2O3/c1-12-7-4-5-8-13(12)16-14(11-25-21-16)18(23)22-10-6-9-15(17(22)20)19(2,3)24/h4-5,7-8,11,15,17,24H,6,9-10H2,1-3H3/t15-,17?/m1/s1. The largest absolute Gasteiger partial charge is 0.390 e. The number of alkyl halides is 1. The van der Waals surface area contributed by atoms with E-state index in [2.05, 4.69) is 27.7 Å². The molecule has 0 spiro atoms. The van der Waals surface area contributed by atoms with Crippen LogP contribution in [-0.2, 0) is 0 Å². The van der Waals surface area contributed by atoms with E-state index in [4.69, 9.17) is 4.52 Å². The van der Waals surface area contributed by atoms with Crippen molar-refractivity contribution in [3.05, 3.63) is 41.7 Å². The van der Waals surface area contributed by atoms with Crippen LogP contribution in [0.1, 0.15) is 42.6 Å². The SMILES string of the molecule is Cc1ccccc1-c1nocc1C(=O)N1CCC[C@@H](C(C)(C)O)C1I. The molecule has 1 aromatic heterocycles. The molecule has 0 bridgehead atoms. The molecule has 1 amide bonds. The molecule has 1 fully saturated rings. The number of likely N-dealkylation sites (tertiary alicyclic amines) is 1. The number of piperidine rings is 1. The highest BCUT2D eigenvalue weighted by Gasteiger charge is 2.41. The number of halogens is 1. The Labute approximate surface area is 161 Å². The summed E-state index contributed by atoms with van der Waals surface area (Å²) in [5.41, 5.74) is 2.19.